The smallest absolute Gasteiger partial charge is 0.256 e. The van der Waals surface area contributed by atoms with Gasteiger partial charge < -0.3 is 9.64 Å². The normalized spacial score (nSPS) is 29.2. The molecule has 0 aliphatic carbocycles. The van der Waals surface area contributed by atoms with Gasteiger partial charge >= 0.3 is 0 Å². The van der Waals surface area contributed by atoms with Crippen molar-refractivity contribution in [1.29, 1.82) is 0 Å². The molecule has 2 atom stereocenters. The molecule has 0 aromatic heterocycles. The van der Waals surface area contributed by atoms with Crippen LogP contribution in [0.2, 0.25) is 0 Å². The van der Waals surface area contributed by atoms with Crippen molar-refractivity contribution in [2.45, 2.75) is 19.3 Å². The SMILES string of the molecule is CC1CN2C(=O)c3ccccc3C2O1. The van der Waals surface area contributed by atoms with E-state index in [9.17, 15) is 4.79 Å². The van der Waals surface area contributed by atoms with Crippen molar-refractivity contribution < 1.29 is 9.53 Å². The number of carbonyl (C=O) groups is 1. The van der Waals surface area contributed by atoms with Gasteiger partial charge in [-0.2, -0.15) is 0 Å². The summed E-state index contributed by atoms with van der Waals surface area (Å²) in [5.74, 6) is 0.106. The number of fused-ring (bicyclic) bond motifs is 3. The van der Waals surface area contributed by atoms with Crippen molar-refractivity contribution in [2.75, 3.05) is 6.54 Å². The molecule has 72 valence electrons. The summed E-state index contributed by atoms with van der Waals surface area (Å²) < 4.78 is 5.69. The van der Waals surface area contributed by atoms with Crippen molar-refractivity contribution in [3.8, 4) is 0 Å². The number of ether oxygens (including phenoxy) is 1. The van der Waals surface area contributed by atoms with Gasteiger partial charge in [-0.25, -0.2) is 0 Å². The van der Waals surface area contributed by atoms with Gasteiger partial charge in [-0.15, -0.1) is 0 Å². The number of amides is 1. The minimum absolute atomic E-state index is 0.106. The van der Waals surface area contributed by atoms with Crippen LogP contribution in [0.25, 0.3) is 0 Å². The minimum atomic E-state index is -0.131. The molecule has 2 aliphatic rings. The Hall–Kier alpha value is -1.35. The van der Waals surface area contributed by atoms with E-state index in [4.69, 9.17) is 4.74 Å². The van der Waals surface area contributed by atoms with E-state index in [2.05, 4.69) is 0 Å². The fourth-order valence-corrected chi connectivity index (χ4v) is 2.20. The average Bonchev–Trinajstić information content (AvgIpc) is 2.68. The van der Waals surface area contributed by atoms with Crippen LogP contribution in [0.3, 0.4) is 0 Å². The molecule has 1 fully saturated rings. The molecule has 0 radical (unpaired) electrons. The Morgan fingerprint density at radius 3 is 3.07 bits per heavy atom. The molecular formula is C11H11NO2. The Bertz CT molecular complexity index is 402. The largest absolute Gasteiger partial charge is 0.349 e. The molecule has 1 aromatic carbocycles. The van der Waals surface area contributed by atoms with Crippen LogP contribution in [0.5, 0.6) is 0 Å². The summed E-state index contributed by atoms with van der Waals surface area (Å²) in [6, 6.07) is 7.67. The van der Waals surface area contributed by atoms with Crippen LogP contribution in [0, 0.1) is 0 Å². The van der Waals surface area contributed by atoms with Crippen LogP contribution in [0.15, 0.2) is 24.3 Å². The van der Waals surface area contributed by atoms with Gasteiger partial charge in [0.05, 0.1) is 6.10 Å². The first-order chi connectivity index (χ1) is 6.77. The van der Waals surface area contributed by atoms with Gasteiger partial charge in [-0.3, -0.25) is 4.79 Å². The van der Waals surface area contributed by atoms with E-state index < -0.39 is 0 Å². The molecule has 1 saturated heterocycles. The molecule has 3 heteroatoms. The summed E-state index contributed by atoms with van der Waals surface area (Å²) in [6.07, 6.45) is 0.0195. The second-order valence-corrected chi connectivity index (χ2v) is 3.84. The summed E-state index contributed by atoms with van der Waals surface area (Å²) in [6.45, 7) is 2.70. The lowest BCUT2D eigenvalue weighted by Crippen LogP contribution is -2.24. The average molecular weight is 189 g/mol. The number of hydrogen-bond donors (Lipinski definition) is 0. The minimum Gasteiger partial charge on any atom is -0.349 e. The fraction of sp³-hybridized carbons (Fsp3) is 0.364. The third kappa shape index (κ3) is 0.876. The van der Waals surface area contributed by atoms with Gasteiger partial charge in [-0.1, -0.05) is 18.2 Å². The van der Waals surface area contributed by atoms with Crippen molar-refractivity contribution in [1.82, 2.24) is 4.90 Å². The molecule has 14 heavy (non-hydrogen) atoms. The van der Waals surface area contributed by atoms with Crippen LogP contribution < -0.4 is 0 Å². The van der Waals surface area contributed by atoms with E-state index in [-0.39, 0.29) is 18.2 Å². The van der Waals surface area contributed by atoms with Crippen molar-refractivity contribution >= 4 is 5.91 Å². The first-order valence-electron chi connectivity index (χ1n) is 4.83. The number of rotatable bonds is 0. The summed E-state index contributed by atoms with van der Waals surface area (Å²) in [4.78, 5) is 13.7. The zero-order chi connectivity index (χ0) is 9.71. The Balaban J connectivity index is 2.12. The van der Waals surface area contributed by atoms with Crippen molar-refractivity contribution in [2.24, 2.45) is 0 Å². The topological polar surface area (TPSA) is 29.5 Å². The molecule has 0 spiro atoms. The third-order valence-corrected chi connectivity index (χ3v) is 2.82. The van der Waals surface area contributed by atoms with Gasteiger partial charge in [0.25, 0.3) is 5.91 Å². The molecule has 0 bridgehead atoms. The fourth-order valence-electron chi connectivity index (χ4n) is 2.20. The number of benzene rings is 1. The Morgan fingerprint density at radius 2 is 2.21 bits per heavy atom. The lowest BCUT2D eigenvalue weighted by molar-refractivity contribution is 0.0156. The van der Waals surface area contributed by atoms with Crippen LogP contribution in [0.4, 0.5) is 0 Å². The predicted molar refractivity (Wildman–Crippen MR) is 50.8 cm³/mol. The maximum absolute atomic E-state index is 11.9. The lowest BCUT2D eigenvalue weighted by Gasteiger charge is -2.12. The van der Waals surface area contributed by atoms with E-state index in [0.29, 0.717) is 6.54 Å². The zero-order valence-corrected chi connectivity index (χ0v) is 7.93. The number of nitrogens with zero attached hydrogens (tertiary/aromatic N) is 1. The molecular weight excluding hydrogens is 178 g/mol. The quantitative estimate of drug-likeness (QED) is 0.619. The maximum Gasteiger partial charge on any atom is 0.256 e. The molecule has 1 aromatic rings. The molecule has 0 N–H and O–H groups in total. The molecule has 0 saturated carbocycles. The van der Waals surface area contributed by atoms with Gasteiger partial charge in [0.2, 0.25) is 0 Å². The van der Waals surface area contributed by atoms with E-state index >= 15 is 0 Å². The highest BCUT2D eigenvalue weighted by atomic mass is 16.5. The van der Waals surface area contributed by atoms with Crippen molar-refractivity contribution in [3.05, 3.63) is 35.4 Å². The molecule has 3 nitrogen and oxygen atoms in total. The first kappa shape index (κ1) is 8.00. The second-order valence-electron chi connectivity index (χ2n) is 3.84. The molecule has 2 heterocycles. The molecule has 3 rings (SSSR count). The van der Waals surface area contributed by atoms with Gasteiger partial charge in [-0.05, 0) is 13.0 Å². The Labute approximate surface area is 82.3 Å². The summed E-state index contributed by atoms with van der Waals surface area (Å²) >= 11 is 0. The summed E-state index contributed by atoms with van der Waals surface area (Å²) in [5, 5.41) is 0. The second kappa shape index (κ2) is 2.58. The standard InChI is InChI=1S/C11H11NO2/c1-7-6-12-10(13)8-4-2-3-5-9(8)11(12)14-7/h2-5,7,11H,6H2,1H3. The zero-order valence-electron chi connectivity index (χ0n) is 7.93. The highest BCUT2D eigenvalue weighted by Gasteiger charge is 2.42. The van der Waals surface area contributed by atoms with Gasteiger partial charge in [0, 0.05) is 17.7 Å². The Morgan fingerprint density at radius 1 is 1.43 bits per heavy atom. The molecule has 2 aliphatic heterocycles. The van der Waals surface area contributed by atoms with Crippen LogP contribution in [0.1, 0.15) is 29.1 Å². The molecule has 2 unspecified atom stereocenters. The first-order valence-corrected chi connectivity index (χ1v) is 4.83. The van der Waals surface area contributed by atoms with E-state index in [1.54, 1.807) is 4.90 Å². The number of carbonyl (C=O) groups excluding carboxylic acids is 1. The van der Waals surface area contributed by atoms with Gasteiger partial charge in [0.1, 0.15) is 0 Å². The van der Waals surface area contributed by atoms with E-state index in [1.165, 1.54) is 0 Å². The van der Waals surface area contributed by atoms with Crippen LogP contribution >= 0.6 is 0 Å². The predicted octanol–water partition coefficient (Wildman–Crippen LogP) is 1.56. The highest BCUT2D eigenvalue weighted by molar-refractivity contribution is 5.99. The van der Waals surface area contributed by atoms with Crippen LogP contribution in [-0.2, 0) is 4.74 Å². The van der Waals surface area contributed by atoms with E-state index in [0.717, 1.165) is 11.1 Å². The Kier molecular flexibility index (Phi) is 1.47. The summed E-state index contributed by atoms with van der Waals surface area (Å²) in [7, 11) is 0. The number of hydrogen-bond acceptors (Lipinski definition) is 2. The van der Waals surface area contributed by atoms with E-state index in [1.807, 2.05) is 31.2 Å². The van der Waals surface area contributed by atoms with Gasteiger partial charge in [0.15, 0.2) is 6.23 Å². The maximum atomic E-state index is 11.9. The monoisotopic (exact) mass is 189 g/mol. The highest BCUT2D eigenvalue weighted by Crippen LogP contribution is 2.39. The lowest BCUT2D eigenvalue weighted by atomic mass is 10.1. The third-order valence-electron chi connectivity index (χ3n) is 2.82. The van der Waals surface area contributed by atoms with Crippen LogP contribution in [-0.4, -0.2) is 23.5 Å². The molecule has 1 amide bonds. The summed E-state index contributed by atoms with van der Waals surface area (Å²) in [5.41, 5.74) is 1.81. The van der Waals surface area contributed by atoms with Crippen molar-refractivity contribution in [3.63, 3.8) is 0 Å².